The van der Waals surface area contributed by atoms with Gasteiger partial charge >= 0.3 is 0 Å². The molecular formula is C17H24N2OS. The first-order chi connectivity index (χ1) is 9.90. The van der Waals surface area contributed by atoms with Crippen molar-refractivity contribution in [2.45, 2.75) is 46.3 Å². The van der Waals surface area contributed by atoms with Crippen molar-refractivity contribution < 1.29 is 4.74 Å². The molecule has 0 saturated carbocycles. The second kappa shape index (κ2) is 6.58. The molecule has 1 heterocycles. The van der Waals surface area contributed by atoms with Gasteiger partial charge in [0.2, 0.25) is 0 Å². The zero-order valence-electron chi connectivity index (χ0n) is 13.5. The lowest BCUT2D eigenvalue weighted by Crippen LogP contribution is -2.13. The zero-order valence-corrected chi connectivity index (χ0v) is 14.3. The molecule has 0 aliphatic heterocycles. The van der Waals surface area contributed by atoms with Crippen molar-refractivity contribution in [3.63, 3.8) is 0 Å². The van der Waals surface area contributed by atoms with Gasteiger partial charge in [0.25, 0.3) is 0 Å². The molecule has 21 heavy (non-hydrogen) atoms. The Kier molecular flexibility index (Phi) is 5.01. The van der Waals surface area contributed by atoms with E-state index >= 15 is 0 Å². The molecule has 0 atom stereocenters. The predicted octanol–water partition coefficient (Wildman–Crippen LogP) is 4.05. The predicted molar refractivity (Wildman–Crippen MR) is 89.1 cm³/mol. The molecule has 3 nitrogen and oxygen atoms in total. The summed E-state index contributed by atoms with van der Waals surface area (Å²) in [4.78, 5) is 4.56. The molecule has 1 N–H and O–H groups in total. The first-order valence-electron chi connectivity index (χ1n) is 7.22. The lowest BCUT2D eigenvalue weighted by atomic mass is 9.86. The SMILES string of the molecule is CNCc1nc(COc2cc(C)ccc2C(C)(C)C)cs1. The van der Waals surface area contributed by atoms with Gasteiger partial charge in [-0.15, -0.1) is 11.3 Å². The molecule has 0 amide bonds. The first kappa shape index (κ1) is 16.0. The van der Waals surface area contributed by atoms with Crippen LogP contribution in [0.25, 0.3) is 0 Å². The van der Waals surface area contributed by atoms with E-state index in [1.165, 1.54) is 11.1 Å². The van der Waals surface area contributed by atoms with E-state index in [1.807, 2.05) is 7.05 Å². The van der Waals surface area contributed by atoms with E-state index < -0.39 is 0 Å². The highest BCUT2D eigenvalue weighted by molar-refractivity contribution is 7.09. The third kappa shape index (κ3) is 4.29. The van der Waals surface area contributed by atoms with Crippen LogP contribution >= 0.6 is 11.3 Å². The van der Waals surface area contributed by atoms with Crippen molar-refractivity contribution in [1.82, 2.24) is 10.3 Å². The number of benzene rings is 1. The number of aryl methyl sites for hydroxylation is 1. The number of rotatable bonds is 5. The maximum Gasteiger partial charge on any atom is 0.131 e. The van der Waals surface area contributed by atoms with Crippen LogP contribution in [-0.4, -0.2) is 12.0 Å². The van der Waals surface area contributed by atoms with E-state index in [-0.39, 0.29) is 5.41 Å². The number of hydrogen-bond donors (Lipinski definition) is 1. The van der Waals surface area contributed by atoms with Crippen molar-refractivity contribution in [2.24, 2.45) is 0 Å². The fraction of sp³-hybridized carbons (Fsp3) is 0.471. The molecule has 0 saturated heterocycles. The number of ether oxygens (including phenoxy) is 1. The monoisotopic (exact) mass is 304 g/mol. The van der Waals surface area contributed by atoms with Crippen LogP contribution in [0.1, 0.15) is 42.6 Å². The van der Waals surface area contributed by atoms with E-state index in [2.05, 4.69) is 61.6 Å². The Labute approximate surface area is 131 Å². The van der Waals surface area contributed by atoms with E-state index in [1.54, 1.807) is 11.3 Å². The van der Waals surface area contributed by atoms with Crippen molar-refractivity contribution >= 4 is 11.3 Å². The third-order valence-corrected chi connectivity index (χ3v) is 4.15. The summed E-state index contributed by atoms with van der Waals surface area (Å²) in [6.07, 6.45) is 0. The Balaban J connectivity index is 2.13. The summed E-state index contributed by atoms with van der Waals surface area (Å²) in [5, 5.41) is 6.28. The number of thiazole rings is 1. The average Bonchev–Trinajstić information content (AvgIpc) is 2.83. The minimum absolute atomic E-state index is 0.0718. The highest BCUT2D eigenvalue weighted by Crippen LogP contribution is 2.32. The van der Waals surface area contributed by atoms with Crippen LogP contribution in [0.5, 0.6) is 5.75 Å². The summed E-state index contributed by atoms with van der Waals surface area (Å²) in [7, 11) is 1.93. The minimum atomic E-state index is 0.0718. The van der Waals surface area contributed by atoms with Crippen molar-refractivity contribution in [3.8, 4) is 5.75 Å². The lowest BCUT2D eigenvalue weighted by molar-refractivity contribution is 0.293. The molecule has 114 valence electrons. The molecule has 2 aromatic rings. The fourth-order valence-electron chi connectivity index (χ4n) is 2.17. The summed E-state index contributed by atoms with van der Waals surface area (Å²) in [6, 6.07) is 6.42. The maximum absolute atomic E-state index is 6.05. The second-order valence-corrected chi connectivity index (χ2v) is 7.24. The third-order valence-electron chi connectivity index (χ3n) is 3.25. The number of hydrogen-bond acceptors (Lipinski definition) is 4. The standard InChI is InChI=1S/C17H24N2OS/c1-12-6-7-14(17(2,3)4)15(8-12)20-10-13-11-21-16(19-13)9-18-5/h6-8,11,18H,9-10H2,1-5H3. The zero-order chi connectivity index (χ0) is 15.5. The van der Waals surface area contributed by atoms with Crippen molar-refractivity contribution in [3.05, 3.63) is 45.4 Å². The molecule has 0 spiro atoms. The van der Waals surface area contributed by atoms with Gasteiger partial charge < -0.3 is 10.1 Å². The average molecular weight is 304 g/mol. The van der Waals surface area contributed by atoms with Crippen molar-refractivity contribution in [1.29, 1.82) is 0 Å². The Hall–Kier alpha value is -1.39. The quantitative estimate of drug-likeness (QED) is 0.905. The summed E-state index contributed by atoms with van der Waals surface area (Å²) >= 11 is 1.67. The van der Waals surface area contributed by atoms with E-state index in [9.17, 15) is 0 Å². The summed E-state index contributed by atoms with van der Waals surface area (Å²) in [6.45, 7) is 10.0. The number of nitrogens with zero attached hydrogens (tertiary/aromatic N) is 1. The van der Waals surface area contributed by atoms with Gasteiger partial charge in [-0.1, -0.05) is 32.9 Å². The minimum Gasteiger partial charge on any atom is -0.487 e. The van der Waals surface area contributed by atoms with Gasteiger partial charge in [0.15, 0.2) is 0 Å². The molecular weight excluding hydrogens is 280 g/mol. The molecule has 0 bridgehead atoms. The van der Waals surface area contributed by atoms with Crippen LogP contribution in [0.2, 0.25) is 0 Å². The smallest absolute Gasteiger partial charge is 0.131 e. The van der Waals surface area contributed by atoms with Gasteiger partial charge in [0, 0.05) is 11.9 Å². The summed E-state index contributed by atoms with van der Waals surface area (Å²) in [5.74, 6) is 0.964. The second-order valence-electron chi connectivity index (χ2n) is 6.30. The van der Waals surface area contributed by atoms with E-state index in [0.717, 1.165) is 23.0 Å². The molecule has 1 aromatic heterocycles. The maximum atomic E-state index is 6.05. The van der Waals surface area contributed by atoms with Gasteiger partial charge in [-0.3, -0.25) is 0 Å². The summed E-state index contributed by atoms with van der Waals surface area (Å²) in [5.41, 5.74) is 3.51. The molecule has 0 unspecified atom stereocenters. The van der Waals surface area contributed by atoms with Crippen LogP contribution in [0, 0.1) is 6.92 Å². The highest BCUT2D eigenvalue weighted by atomic mass is 32.1. The largest absolute Gasteiger partial charge is 0.487 e. The summed E-state index contributed by atoms with van der Waals surface area (Å²) < 4.78 is 6.05. The molecule has 1 aromatic carbocycles. The normalized spacial score (nSPS) is 11.7. The van der Waals surface area contributed by atoms with Crippen molar-refractivity contribution in [2.75, 3.05) is 7.05 Å². The van der Waals surface area contributed by atoms with Gasteiger partial charge in [0.1, 0.15) is 17.4 Å². The Morgan fingerprint density at radius 1 is 1.29 bits per heavy atom. The first-order valence-corrected chi connectivity index (χ1v) is 8.10. The topological polar surface area (TPSA) is 34.2 Å². The highest BCUT2D eigenvalue weighted by Gasteiger charge is 2.19. The molecule has 4 heteroatoms. The van der Waals surface area contributed by atoms with Crippen LogP contribution in [0.4, 0.5) is 0 Å². The fourth-order valence-corrected chi connectivity index (χ4v) is 2.96. The van der Waals surface area contributed by atoms with Crippen LogP contribution in [0.15, 0.2) is 23.6 Å². The van der Waals surface area contributed by atoms with E-state index in [4.69, 9.17) is 4.74 Å². The molecule has 0 aliphatic rings. The molecule has 0 radical (unpaired) electrons. The number of nitrogens with one attached hydrogen (secondary N) is 1. The van der Waals surface area contributed by atoms with Crippen LogP contribution < -0.4 is 10.1 Å². The van der Waals surface area contributed by atoms with Crippen LogP contribution in [-0.2, 0) is 18.6 Å². The van der Waals surface area contributed by atoms with Gasteiger partial charge in [-0.05, 0) is 36.6 Å². The Bertz CT molecular complexity index is 599. The molecule has 0 aliphatic carbocycles. The lowest BCUT2D eigenvalue weighted by Gasteiger charge is -2.23. The van der Waals surface area contributed by atoms with Gasteiger partial charge in [-0.25, -0.2) is 4.98 Å². The Morgan fingerprint density at radius 2 is 2.05 bits per heavy atom. The van der Waals surface area contributed by atoms with Crippen LogP contribution in [0.3, 0.4) is 0 Å². The Morgan fingerprint density at radius 3 is 2.71 bits per heavy atom. The molecule has 2 rings (SSSR count). The van der Waals surface area contributed by atoms with E-state index in [0.29, 0.717) is 6.61 Å². The van der Waals surface area contributed by atoms with Gasteiger partial charge in [-0.2, -0.15) is 0 Å². The van der Waals surface area contributed by atoms with Gasteiger partial charge in [0.05, 0.1) is 5.69 Å². The molecule has 0 fully saturated rings. The number of aromatic nitrogens is 1.